The summed E-state index contributed by atoms with van der Waals surface area (Å²) in [6.07, 6.45) is 2.06. The maximum Gasteiger partial charge on any atom is 0.193 e. The fourth-order valence-electron chi connectivity index (χ4n) is 3.28. The Morgan fingerprint density at radius 2 is 1.92 bits per heavy atom. The fraction of sp³-hybridized carbons (Fsp3) is 0.650. The number of aryl methyl sites for hydroxylation is 1. The second-order valence-electron chi connectivity index (χ2n) is 7.17. The summed E-state index contributed by atoms with van der Waals surface area (Å²) in [6, 6.07) is 8.10. The van der Waals surface area contributed by atoms with Crippen LogP contribution in [0.25, 0.3) is 0 Å². The number of ether oxygens (including phenoxy) is 2. The molecular weight excluding hydrogens is 328 g/mol. The Morgan fingerprint density at radius 3 is 2.54 bits per heavy atom. The van der Waals surface area contributed by atoms with Gasteiger partial charge in [-0.15, -0.1) is 0 Å². The van der Waals surface area contributed by atoms with Crippen molar-refractivity contribution >= 4 is 5.96 Å². The minimum absolute atomic E-state index is 0.118. The molecule has 1 aliphatic heterocycles. The van der Waals surface area contributed by atoms with E-state index in [-0.39, 0.29) is 5.54 Å². The van der Waals surface area contributed by atoms with Crippen molar-refractivity contribution in [3.63, 3.8) is 0 Å². The van der Waals surface area contributed by atoms with Gasteiger partial charge in [0, 0.05) is 39.4 Å². The smallest absolute Gasteiger partial charge is 0.193 e. The minimum Gasteiger partial charge on any atom is -0.491 e. The van der Waals surface area contributed by atoms with E-state index in [1.54, 1.807) is 0 Å². The van der Waals surface area contributed by atoms with E-state index in [9.17, 15) is 0 Å². The Kier molecular flexibility index (Phi) is 7.72. The van der Waals surface area contributed by atoms with Crippen LogP contribution in [0.5, 0.6) is 5.75 Å². The number of guanidine groups is 1. The molecule has 1 aromatic rings. The van der Waals surface area contributed by atoms with Crippen molar-refractivity contribution in [1.29, 1.82) is 0 Å². The zero-order valence-corrected chi connectivity index (χ0v) is 16.9. The van der Waals surface area contributed by atoms with Crippen molar-refractivity contribution in [3.05, 3.63) is 29.8 Å². The highest BCUT2D eigenvalue weighted by molar-refractivity contribution is 5.79. The topological polar surface area (TPSA) is 49.3 Å². The monoisotopic (exact) mass is 362 g/mol. The highest BCUT2D eigenvalue weighted by Gasteiger charge is 2.35. The number of likely N-dealkylation sites (N-methyl/N-ethyl adjacent to an activating group) is 2. The molecular formula is C20H34N4O2. The summed E-state index contributed by atoms with van der Waals surface area (Å²) >= 11 is 0. The van der Waals surface area contributed by atoms with E-state index >= 15 is 0 Å². The summed E-state index contributed by atoms with van der Waals surface area (Å²) in [7, 11) is 8.17. The van der Waals surface area contributed by atoms with E-state index < -0.39 is 0 Å². The van der Waals surface area contributed by atoms with E-state index in [0.717, 1.165) is 56.4 Å². The first-order valence-electron chi connectivity index (χ1n) is 9.34. The van der Waals surface area contributed by atoms with Crippen LogP contribution >= 0.6 is 0 Å². The zero-order chi connectivity index (χ0) is 19.0. The summed E-state index contributed by atoms with van der Waals surface area (Å²) in [5.41, 5.74) is 1.28. The average Bonchev–Trinajstić information content (AvgIpc) is 2.64. The van der Waals surface area contributed by atoms with Gasteiger partial charge < -0.3 is 24.6 Å². The van der Waals surface area contributed by atoms with E-state index in [2.05, 4.69) is 47.2 Å². The third-order valence-electron chi connectivity index (χ3n) is 5.30. The molecule has 0 aromatic heterocycles. The molecule has 0 bridgehead atoms. The Balaban J connectivity index is 1.84. The van der Waals surface area contributed by atoms with Gasteiger partial charge in [-0.25, -0.2) is 0 Å². The van der Waals surface area contributed by atoms with Crippen LogP contribution in [0.2, 0.25) is 0 Å². The molecule has 0 aliphatic carbocycles. The number of hydrogen-bond donors (Lipinski definition) is 1. The molecule has 6 nitrogen and oxygen atoms in total. The second kappa shape index (κ2) is 9.78. The standard InChI is InChI=1S/C20H34N4O2/c1-17-8-6-7-9-18(17)26-15-12-24(5)19(21-2)22-16-20(23(3)4)10-13-25-14-11-20/h6-9H,10-16H2,1-5H3,(H,21,22). The molecule has 1 fully saturated rings. The average molecular weight is 363 g/mol. The molecule has 0 unspecified atom stereocenters. The van der Waals surface area contributed by atoms with Gasteiger partial charge in [0.05, 0.1) is 6.54 Å². The molecule has 0 saturated carbocycles. The van der Waals surface area contributed by atoms with Crippen LogP contribution in [0.3, 0.4) is 0 Å². The van der Waals surface area contributed by atoms with Gasteiger partial charge in [0.25, 0.3) is 0 Å². The molecule has 26 heavy (non-hydrogen) atoms. The van der Waals surface area contributed by atoms with Gasteiger partial charge in [-0.05, 0) is 45.5 Å². The number of rotatable bonds is 7. The van der Waals surface area contributed by atoms with Gasteiger partial charge in [-0.1, -0.05) is 18.2 Å². The SMILES string of the molecule is CN=C(NCC1(N(C)C)CCOCC1)N(C)CCOc1ccccc1C. The lowest BCUT2D eigenvalue weighted by Gasteiger charge is -2.43. The van der Waals surface area contributed by atoms with Crippen LogP contribution in [0, 0.1) is 6.92 Å². The van der Waals surface area contributed by atoms with Gasteiger partial charge in [0.1, 0.15) is 12.4 Å². The van der Waals surface area contributed by atoms with Gasteiger partial charge in [0.2, 0.25) is 0 Å². The van der Waals surface area contributed by atoms with Gasteiger partial charge in [0.15, 0.2) is 5.96 Å². The number of nitrogens with one attached hydrogen (secondary N) is 1. The maximum absolute atomic E-state index is 5.91. The second-order valence-corrected chi connectivity index (χ2v) is 7.17. The third kappa shape index (κ3) is 5.35. The number of nitrogens with zero attached hydrogens (tertiary/aromatic N) is 3. The van der Waals surface area contributed by atoms with Crippen LogP contribution < -0.4 is 10.1 Å². The first-order chi connectivity index (χ1) is 12.5. The van der Waals surface area contributed by atoms with E-state index in [1.165, 1.54) is 0 Å². The molecule has 0 radical (unpaired) electrons. The minimum atomic E-state index is 0.118. The van der Waals surface area contributed by atoms with Gasteiger partial charge >= 0.3 is 0 Å². The third-order valence-corrected chi connectivity index (χ3v) is 5.30. The van der Waals surface area contributed by atoms with Crippen molar-refractivity contribution in [2.75, 3.05) is 61.1 Å². The predicted octanol–water partition coefficient (Wildman–Crippen LogP) is 1.99. The quantitative estimate of drug-likeness (QED) is 0.594. The lowest BCUT2D eigenvalue weighted by Crippen LogP contribution is -2.57. The lowest BCUT2D eigenvalue weighted by molar-refractivity contribution is -0.00522. The highest BCUT2D eigenvalue weighted by Crippen LogP contribution is 2.25. The molecule has 6 heteroatoms. The van der Waals surface area contributed by atoms with Gasteiger partial charge in [-0.2, -0.15) is 0 Å². The summed E-state index contributed by atoms with van der Waals surface area (Å²) < 4.78 is 11.5. The van der Waals surface area contributed by atoms with E-state index in [1.807, 2.05) is 32.3 Å². The number of hydrogen-bond acceptors (Lipinski definition) is 4. The van der Waals surface area contributed by atoms with Crippen molar-refractivity contribution in [3.8, 4) is 5.75 Å². The molecule has 1 saturated heterocycles. The molecule has 146 valence electrons. The van der Waals surface area contributed by atoms with Crippen LogP contribution in [0.4, 0.5) is 0 Å². The summed E-state index contributed by atoms with van der Waals surface area (Å²) in [5, 5.41) is 3.54. The molecule has 0 atom stereocenters. The maximum atomic E-state index is 5.91. The van der Waals surface area contributed by atoms with Crippen molar-refractivity contribution in [1.82, 2.24) is 15.1 Å². The molecule has 0 amide bonds. The Labute approximate surface area is 158 Å². The Morgan fingerprint density at radius 1 is 1.23 bits per heavy atom. The van der Waals surface area contributed by atoms with Gasteiger partial charge in [-0.3, -0.25) is 4.99 Å². The molecule has 1 N–H and O–H groups in total. The first-order valence-corrected chi connectivity index (χ1v) is 9.34. The van der Waals surface area contributed by atoms with Crippen molar-refractivity contribution in [2.24, 2.45) is 4.99 Å². The summed E-state index contributed by atoms with van der Waals surface area (Å²) in [5.74, 6) is 1.84. The molecule has 0 spiro atoms. The van der Waals surface area contributed by atoms with Crippen LogP contribution in [0.1, 0.15) is 18.4 Å². The zero-order valence-electron chi connectivity index (χ0n) is 16.9. The summed E-state index contributed by atoms with van der Waals surface area (Å²) in [4.78, 5) is 8.86. The van der Waals surface area contributed by atoms with Crippen molar-refractivity contribution in [2.45, 2.75) is 25.3 Å². The van der Waals surface area contributed by atoms with Crippen LogP contribution in [-0.4, -0.2) is 82.4 Å². The first kappa shape index (κ1) is 20.5. The normalized spacial score (nSPS) is 17.2. The van der Waals surface area contributed by atoms with E-state index in [0.29, 0.717) is 6.61 Å². The van der Waals surface area contributed by atoms with E-state index in [4.69, 9.17) is 9.47 Å². The molecule has 1 aromatic carbocycles. The lowest BCUT2D eigenvalue weighted by atomic mass is 9.88. The fourth-order valence-corrected chi connectivity index (χ4v) is 3.28. The Bertz CT molecular complexity index is 583. The predicted molar refractivity (Wildman–Crippen MR) is 107 cm³/mol. The number of aliphatic imine (C=N–C) groups is 1. The highest BCUT2D eigenvalue weighted by atomic mass is 16.5. The van der Waals surface area contributed by atoms with Crippen molar-refractivity contribution < 1.29 is 9.47 Å². The summed E-state index contributed by atoms with van der Waals surface area (Å²) in [6.45, 7) is 5.95. The number of para-hydroxylation sites is 1. The van der Waals surface area contributed by atoms with Crippen LogP contribution in [-0.2, 0) is 4.74 Å². The molecule has 1 heterocycles. The molecule has 1 aliphatic rings. The largest absolute Gasteiger partial charge is 0.491 e. The van der Waals surface area contributed by atoms with Crippen LogP contribution in [0.15, 0.2) is 29.3 Å². The molecule has 2 rings (SSSR count). The number of benzene rings is 1. The Hall–Kier alpha value is -1.79.